The number of benzene rings is 1. The molecule has 0 saturated heterocycles. The molecule has 2 aromatic heterocycles. The molecule has 4 rings (SSSR count). The third-order valence-electron chi connectivity index (χ3n) is 4.98. The molecule has 2 heterocycles. The Morgan fingerprint density at radius 1 is 1.40 bits per heavy atom. The second kappa shape index (κ2) is 8.93. The molecule has 1 amide bonds. The van der Waals surface area contributed by atoms with E-state index in [1.165, 1.54) is 12.0 Å². The van der Waals surface area contributed by atoms with Gasteiger partial charge in [-0.1, -0.05) is 11.6 Å². The van der Waals surface area contributed by atoms with Crippen LogP contribution in [-0.4, -0.2) is 24.3 Å². The molecule has 0 fully saturated rings. The van der Waals surface area contributed by atoms with Gasteiger partial charge in [0.15, 0.2) is 11.5 Å². The van der Waals surface area contributed by atoms with Crippen molar-refractivity contribution >= 4 is 40.1 Å². The van der Waals surface area contributed by atoms with Gasteiger partial charge in [0.25, 0.3) is 5.91 Å². The number of methoxy groups -OCH3 is 1. The number of nitrogens with zero attached hydrogens (tertiary/aromatic N) is 1. The second-order valence-electron chi connectivity index (χ2n) is 6.96. The number of furan rings is 1. The van der Waals surface area contributed by atoms with Crippen LogP contribution in [0.25, 0.3) is 0 Å². The lowest BCUT2D eigenvalue weighted by atomic mass is 9.95. The van der Waals surface area contributed by atoms with E-state index in [1.807, 2.05) is 6.07 Å². The van der Waals surface area contributed by atoms with E-state index in [9.17, 15) is 9.90 Å². The van der Waals surface area contributed by atoms with Crippen LogP contribution in [0.2, 0.25) is 5.02 Å². The number of halogens is 1. The van der Waals surface area contributed by atoms with Gasteiger partial charge in [-0.25, -0.2) is 4.99 Å². The fourth-order valence-electron chi connectivity index (χ4n) is 3.50. The Kier molecular flexibility index (Phi) is 6.11. The number of amides is 1. The summed E-state index contributed by atoms with van der Waals surface area (Å²) in [5.41, 5.74) is 2.40. The molecule has 0 radical (unpaired) electrons. The summed E-state index contributed by atoms with van der Waals surface area (Å²) in [4.78, 5) is 18.8. The minimum Gasteiger partial charge on any atom is -0.503 e. The summed E-state index contributed by atoms with van der Waals surface area (Å²) < 4.78 is 10.5. The number of hydrogen-bond acceptors (Lipinski definition) is 6. The molecule has 0 atom stereocenters. The van der Waals surface area contributed by atoms with Crippen molar-refractivity contribution < 1.29 is 19.1 Å². The first-order valence-electron chi connectivity index (χ1n) is 9.62. The first-order valence-corrected chi connectivity index (χ1v) is 10.8. The topological polar surface area (TPSA) is 84.1 Å². The van der Waals surface area contributed by atoms with E-state index in [0.717, 1.165) is 31.2 Å². The molecule has 1 aliphatic rings. The summed E-state index contributed by atoms with van der Waals surface area (Å²) in [5.74, 6) is 0.703. The molecule has 0 saturated carbocycles. The largest absolute Gasteiger partial charge is 0.503 e. The minimum absolute atomic E-state index is 0.110. The van der Waals surface area contributed by atoms with E-state index in [2.05, 4.69) is 10.3 Å². The Morgan fingerprint density at radius 2 is 2.23 bits per heavy atom. The van der Waals surface area contributed by atoms with Crippen LogP contribution in [0.4, 0.5) is 5.00 Å². The molecule has 0 aliphatic heterocycles. The van der Waals surface area contributed by atoms with Gasteiger partial charge in [-0.3, -0.25) is 4.79 Å². The number of aliphatic imine (C=N–C) groups is 1. The van der Waals surface area contributed by atoms with Crippen LogP contribution in [0.5, 0.6) is 11.5 Å². The summed E-state index contributed by atoms with van der Waals surface area (Å²) in [6.07, 6.45) is 7.25. The Bertz CT molecular complexity index is 1090. The number of phenolic OH excluding ortho intramolecular Hbond substituents is 1. The molecule has 0 bridgehead atoms. The number of carbonyl (C=O) groups excluding carboxylic acids is 1. The second-order valence-corrected chi connectivity index (χ2v) is 8.46. The van der Waals surface area contributed by atoms with E-state index in [1.54, 1.807) is 42.0 Å². The van der Waals surface area contributed by atoms with Crippen LogP contribution >= 0.6 is 22.9 Å². The molecule has 0 spiro atoms. The van der Waals surface area contributed by atoms with E-state index in [-0.39, 0.29) is 22.4 Å². The molecule has 3 aromatic rings. The summed E-state index contributed by atoms with van der Waals surface area (Å²) in [7, 11) is 1.46. The SMILES string of the molecule is COc1cc(C=Nc2sc3c(c2C(=O)NCc2ccco2)CCCC3)cc(Cl)c1O. The number of phenols is 1. The van der Waals surface area contributed by atoms with E-state index in [4.69, 9.17) is 20.8 Å². The Hall–Kier alpha value is -2.77. The van der Waals surface area contributed by atoms with Gasteiger partial charge in [-0.05, 0) is 61.1 Å². The third kappa shape index (κ3) is 4.22. The molecule has 1 aliphatic carbocycles. The monoisotopic (exact) mass is 444 g/mol. The first kappa shape index (κ1) is 20.5. The number of rotatable bonds is 6. The zero-order valence-electron chi connectivity index (χ0n) is 16.4. The highest BCUT2D eigenvalue weighted by Crippen LogP contribution is 2.40. The summed E-state index contributed by atoms with van der Waals surface area (Å²) in [6, 6.07) is 6.87. The van der Waals surface area contributed by atoms with Gasteiger partial charge in [0.05, 0.1) is 30.5 Å². The number of ether oxygens (including phenoxy) is 1. The van der Waals surface area contributed by atoms with Crippen molar-refractivity contribution in [2.24, 2.45) is 4.99 Å². The van der Waals surface area contributed by atoms with Gasteiger partial charge >= 0.3 is 0 Å². The smallest absolute Gasteiger partial charge is 0.255 e. The van der Waals surface area contributed by atoms with Gasteiger partial charge < -0.3 is 19.6 Å². The van der Waals surface area contributed by atoms with Gasteiger partial charge in [0.2, 0.25) is 0 Å². The predicted molar refractivity (Wildman–Crippen MR) is 118 cm³/mol. The number of aryl methyl sites for hydroxylation is 1. The van der Waals surface area contributed by atoms with Gasteiger partial charge in [-0.15, -0.1) is 11.3 Å². The lowest BCUT2D eigenvalue weighted by Crippen LogP contribution is -2.23. The van der Waals surface area contributed by atoms with Crippen LogP contribution < -0.4 is 10.1 Å². The maximum absolute atomic E-state index is 13.0. The summed E-state index contributed by atoms with van der Waals surface area (Å²) in [5, 5.41) is 13.7. The normalized spacial score (nSPS) is 13.4. The van der Waals surface area contributed by atoms with Gasteiger partial charge in [0.1, 0.15) is 10.8 Å². The predicted octanol–water partition coefficient (Wildman–Crippen LogP) is 5.27. The lowest BCUT2D eigenvalue weighted by molar-refractivity contribution is 0.0948. The molecule has 30 heavy (non-hydrogen) atoms. The van der Waals surface area contributed by atoms with E-state index < -0.39 is 0 Å². The molecule has 156 valence electrons. The van der Waals surface area contributed by atoms with Crippen LogP contribution in [0.1, 0.15) is 45.0 Å². The van der Waals surface area contributed by atoms with Crippen molar-refractivity contribution in [3.63, 3.8) is 0 Å². The van der Waals surface area contributed by atoms with Crippen LogP contribution in [-0.2, 0) is 19.4 Å². The number of carbonyl (C=O) groups is 1. The Labute approximate surface area is 183 Å². The van der Waals surface area contributed by atoms with Gasteiger partial charge in [0, 0.05) is 11.1 Å². The standard InChI is InChI=1S/C22H21ClN2O4S/c1-28-17-10-13(9-16(23)20(17)26)11-25-22-19(15-6-2-3-7-18(15)30-22)21(27)24-12-14-5-4-8-29-14/h4-5,8-11,26H,2-3,6-7,12H2,1H3,(H,24,27). The Balaban J connectivity index is 1.64. The van der Waals surface area contributed by atoms with Gasteiger partial charge in [-0.2, -0.15) is 0 Å². The van der Waals surface area contributed by atoms with Crippen molar-refractivity contribution in [1.82, 2.24) is 5.32 Å². The van der Waals surface area contributed by atoms with E-state index >= 15 is 0 Å². The number of nitrogens with one attached hydrogen (secondary N) is 1. The van der Waals surface area contributed by atoms with Crippen LogP contribution in [0.15, 0.2) is 39.9 Å². The average molecular weight is 445 g/mol. The Morgan fingerprint density at radius 3 is 3.00 bits per heavy atom. The average Bonchev–Trinajstić information content (AvgIpc) is 3.40. The molecular formula is C22H21ClN2O4S. The van der Waals surface area contributed by atoms with Crippen molar-refractivity contribution in [1.29, 1.82) is 0 Å². The highest BCUT2D eigenvalue weighted by atomic mass is 35.5. The van der Waals surface area contributed by atoms with Crippen molar-refractivity contribution in [2.75, 3.05) is 7.11 Å². The molecule has 8 heteroatoms. The zero-order valence-corrected chi connectivity index (χ0v) is 18.0. The summed E-state index contributed by atoms with van der Waals surface area (Å²) in [6.45, 7) is 0.324. The molecule has 1 aromatic carbocycles. The molecular weight excluding hydrogens is 424 g/mol. The minimum atomic E-state index is -0.153. The van der Waals surface area contributed by atoms with Crippen molar-refractivity contribution in [3.8, 4) is 11.5 Å². The highest BCUT2D eigenvalue weighted by molar-refractivity contribution is 7.16. The molecule has 6 nitrogen and oxygen atoms in total. The molecule has 0 unspecified atom stereocenters. The first-order chi connectivity index (χ1) is 14.6. The lowest BCUT2D eigenvalue weighted by Gasteiger charge is -2.12. The fraction of sp³-hybridized carbons (Fsp3) is 0.273. The number of fused-ring (bicyclic) bond motifs is 1. The van der Waals surface area contributed by atoms with E-state index in [0.29, 0.717) is 28.4 Å². The highest BCUT2D eigenvalue weighted by Gasteiger charge is 2.25. The number of hydrogen-bond donors (Lipinski definition) is 2. The van der Waals surface area contributed by atoms with Crippen LogP contribution in [0.3, 0.4) is 0 Å². The summed E-state index contributed by atoms with van der Waals surface area (Å²) >= 11 is 7.63. The third-order valence-corrected chi connectivity index (χ3v) is 6.47. The number of thiophene rings is 1. The maximum atomic E-state index is 13.0. The van der Waals surface area contributed by atoms with Crippen molar-refractivity contribution in [2.45, 2.75) is 32.2 Å². The van der Waals surface area contributed by atoms with Crippen LogP contribution in [0, 0.1) is 0 Å². The quantitative estimate of drug-likeness (QED) is 0.507. The number of aromatic hydroxyl groups is 1. The maximum Gasteiger partial charge on any atom is 0.255 e. The van der Waals surface area contributed by atoms with Crippen molar-refractivity contribution in [3.05, 3.63) is 62.9 Å². The molecule has 2 N–H and O–H groups in total. The zero-order chi connectivity index (χ0) is 21.1. The fourth-order valence-corrected chi connectivity index (χ4v) is 4.95.